The Morgan fingerprint density at radius 2 is 1.59 bits per heavy atom. The first-order valence-electron chi connectivity index (χ1n) is 10.8. The summed E-state index contributed by atoms with van der Waals surface area (Å²) in [5.74, 6) is 1.10. The number of ether oxygens (including phenoxy) is 2. The highest BCUT2D eigenvalue weighted by atomic mass is 16.5. The Kier molecular flexibility index (Phi) is 5.50. The number of para-hydroxylation sites is 2. The number of likely N-dealkylation sites (tertiary alicyclic amines) is 1. The van der Waals surface area contributed by atoms with Gasteiger partial charge in [0.1, 0.15) is 23.5 Å². The Morgan fingerprint density at radius 1 is 0.969 bits per heavy atom. The second-order valence-electron chi connectivity index (χ2n) is 8.06. The molecule has 162 valence electrons. The number of carbonyl (C=O) groups is 1. The number of carbonyl (C=O) groups excluding carboxylic acids is 1. The van der Waals surface area contributed by atoms with Crippen molar-refractivity contribution < 1.29 is 14.3 Å². The van der Waals surface area contributed by atoms with E-state index in [1.807, 2.05) is 83.8 Å². The average Bonchev–Trinajstić information content (AvgIpc) is 3.30. The van der Waals surface area contributed by atoms with E-state index in [4.69, 9.17) is 15.2 Å². The molecule has 2 aliphatic rings. The standard InChI is InChI=1S/C26H25N3O3/c27-26(28-16-18-8-2-1-3-9-18)29-15-14-19(17-29)31-25(30)24-20-10-4-6-12-22(20)32-23-13-7-5-11-21(23)24/h1-13,19,24H,14-17H2,(H2,27,28). The maximum Gasteiger partial charge on any atom is 0.318 e. The minimum Gasteiger partial charge on any atom is -0.460 e. The predicted molar refractivity (Wildman–Crippen MR) is 123 cm³/mol. The molecule has 3 aromatic rings. The molecule has 1 saturated heterocycles. The van der Waals surface area contributed by atoms with Crippen LogP contribution in [0.2, 0.25) is 0 Å². The Balaban J connectivity index is 1.27. The summed E-state index contributed by atoms with van der Waals surface area (Å²) < 4.78 is 12.0. The second kappa shape index (κ2) is 8.75. The van der Waals surface area contributed by atoms with Gasteiger partial charge in [-0.15, -0.1) is 0 Å². The molecule has 0 bridgehead atoms. The smallest absolute Gasteiger partial charge is 0.318 e. The summed E-state index contributed by atoms with van der Waals surface area (Å²) in [6.07, 6.45) is 0.495. The molecular formula is C26H25N3O3. The number of nitrogens with two attached hydrogens (primary N) is 1. The van der Waals surface area contributed by atoms with E-state index in [0.717, 1.165) is 23.1 Å². The van der Waals surface area contributed by atoms with Crippen LogP contribution < -0.4 is 10.5 Å². The molecule has 0 radical (unpaired) electrons. The fourth-order valence-corrected chi connectivity index (χ4v) is 4.28. The lowest BCUT2D eigenvalue weighted by Crippen LogP contribution is -2.37. The van der Waals surface area contributed by atoms with E-state index in [1.54, 1.807) is 0 Å². The van der Waals surface area contributed by atoms with Gasteiger partial charge in [0.25, 0.3) is 0 Å². The van der Waals surface area contributed by atoms with Crippen LogP contribution in [0, 0.1) is 0 Å². The van der Waals surface area contributed by atoms with E-state index in [1.165, 1.54) is 0 Å². The molecule has 0 aromatic heterocycles. The van der Waals surface area contributed by atoms with Crippen molar-refractivity contribution in [1.82, 2.24) is 4.90 Å². The van der Waals surface area contributed by atoms with Crippen molar-refractivity contribution in [3.8, 4) is 11.5 Å². The molecular weight excluding hydrogens is 402 g/mol. The van der Waals surface area contributed by atoms with Crippen molar-refractivity contribution in [2.45, 2.75) is 25.0 Å². The lowest BCUT2D eigenvalue weighted by Gasteiger charge is -2.27. The molecule has 2 N–H and O–H groups in total. The Labute approximate surface area is 187 Å². The van der Waals surface area contributed by atoms with E-state index in [2.05, 4.69) is 4.99 Å². The van der Waals surface area contributed by atoms with E-state index >= 15 is 0 Å². The van der Waals surface area contributed by atoms with Crippen LogP contribution in [0.1, 0.15) is 29.0 Å². The maximum atomic E-state index is 13.3. The largest absolute Gasteiger partial charge is 0.460 e. The first-order chi connectivity index (χ1) is 15.7. The Morgan fingerprint density at radius 3 is 2.28 bits per heavy atom. The van der Waals surface area contributed by atoms with Gasteiger partial charge in [0.05, 0.1) is 13.1 Å². The van der Waals surface area contributed by atoms with Gasteiger partial charge in [-0.1, -0.05) is 66.7 Å². The molecule has 0 spiro atoms. The molecule has 1 fully saturated rings. The molecule has 1 unspecified atom stereocenters. The second-order valence-corrected chi connectivity index (χ2v) is 8.06. The van der Waals surface area contributed by atoms with Crippen LogP contribution in [0.4, 0.5) is 0 Å². The first kappa shape index (κ1) is 20.1. The van der Waals surface area contributed by atoms with Crippen molar-refractivity contribution in [3.63, 3.8) is 0 Å². The lowest BCUT2D eigenvalue weighted by atomic mass is 9.88. The van der Waals surface area contributed by atoms with E-state index in [0.29, 0.717) is 37.1 Å². The van der Waals surface area contributed by atoms with Crippen LogP contribution in [-0.4, -0.2) is 36.0 Å². The summed E-state index contributed by atoms with van der Waals surface area (Å²) in [7, 11) is 0. The zero-order valence-corrected chi connectivity index (χ0v) is 17.7. The number of benzene rings is 3. The summed E-state index contributed by atoms with van der Waals surface area (Å²) in [6.45, 7) is 1.79. The first-order valence-corrected chi connectivity index (χ1v) is 10.8. The molecule has 1 atom stereocenters. The highest BCUT2D eigenvalue weighted by Gasteiger charge is 2.36. The van der Waals surface area contributed by atoms with Crippen molar-refractivity contribution in [3.05, 3.63) is 95.6 Å². The third-order valence-electron chi connectivity index (χ3n) is 5.93. The molecule has 32 heavy (non-hydrogen) atoms. The molecule has 6 heteroatoms. The van der Waals surface area contributed by atoms with Crippen LogP contribution in [0.5, 0.6) is 11.5 Å². The fraction of sp³-hybridized carbons (Fsp3) is 0.231. The number of aliphatic imine (C=N–C) groups is 1. The number of esters is 1. The van der Waals surface area contributed by atoms with Crippen LogP contribution in [0.15, 0.2) is 83.9 Å². The van der Waals surface area contributed by atoms with Gasteiger partial charge in [-0.3, -0.25) is 4.79 Å². The number of guanidine groups is 1. The van der Waals surface area contributed by atoms with Crippen molar-refractivity contribution in [1.29, 1.82) is 0 Å². The van der Waals surface area contributed by atoms with E-state index < -0.39 is 5.92 Å². The molecule has 3 aromatic carbocycles. The minimum atomic E-state index is -0.505. The Bertz CT molecular complexity index is 1100. The van der Waals surface area contributed by atoms with Crippen LogP contribution in [0.3, 0.4) is 0 Å². The highest BCUT2D eigenvalue weighted by Crippen LogP contribution is 2.44. The normalized spacial score (nSPS) is 17.9. The van der Waals surface area contributed by atoms with Crippen LogP contribution in [0.25, 0.3) is 0 Å². The van der Waals surface area contributed by atoms with Crippen LogP contribution >= 0.6 is 0 Å². The zero-order chi connectivity index (χ0) is 21.9. The molecule has 0 aliphatic carbocycles. The SMILES string of the molecule is NC(=NCc1ccccc1)N1CCC(OC(=O)C2c3ccccc3Oc3ccccc32)C1. The number of rotatable bonds is 4. The van der Waals surface area contributed by atoms with E-state index in [-0.39, 0.29) is 12.1 Å². The molecule has 6 nitrogen and oxygen atoms in total. The molecule has 5 rings (SSSR count). The number of fused-ring (bicyclic) bond motifs is 2. The van der Waals surface area contributed by atoms with Crippen LogP contribution in [-0.2, 0) is 16.1 Å². The van der Waals surface area contributed by atoms with Gasteiger partial charge in [0.2, 0.25) is 0 Å². The topological polar surface area (TPSA) is 77.1 Å². The fourth-order valence-electron chi connectivity index (χ4n) is 4.28. The minimum absolute atomic E-state index is 0.227. The summed E-state index contributed by atoms with van der Waals surface area (Å²) in [6, 6.07) is 25.2. The summed E-state index contributed by atoms with van der Waals surface area (Å²) >= 11 is 0. The Hall–Kier alpha value is -3.80. The summed E-state index contributed by atoms with van der Waals surface area (Å²) in [5, 5.41) is 0. The van der Waals surface area contributed by atoms with Gasteiger partial charge in [0, 0.05) is 24.1 Å². The third kappa shape index (κ3) is 4.04. The number of hydrogen-bond donors (Lipinski definition) is 1. The van der Waals surface area contributed by atoms with Gasteiger partial charge in [-0.05, 0) is 17.7 Å². The van der Waals surface area contributed by atoms with Gasteiger partial charge in [-0.2, -0.15) is 0 Å². The van der Waals surface area contributed by atoms with Gasteiger partial charge >= 0.3 is 5.97 Å². The molecule has 2 aliphatic heterocycles. The molecule has 0 saturated carbocycles. The molecule has 0 amide bonds. The van der Waals surface area contributed by atoms with Gasteiger partial charge in [0.15, 0.2) is 5.96 Å². The maximum absolute atomic E-state index is 13.3. The van der Waals surface area contributed by atoms with Crippen molar-refractivity contribution in [2.24, 2.45) is 10.7 Å². The summed E-state index contributed by atoms with van der Waals surface area (Å²) in [4.78, 5) is 19.8. The lowest BCUT2D eigenvalue weighted by molar-refractivity contribution is -0.149. The van der Waals surface area contributed by atoms with Gasteiger partial charge < -0.3 is 20.1 Å². The average molecular weight is 428 g/mol. The van der Waals surface area contributed by atoms with E-state index in [9.17, 15) is 4.79 Å². The summed E-state index contributed by atoms with van der Waals surface area (Å²) in [5.41, 5.74) is 8.97. The monoisotopic (exact) mass is 427 g/mol. The zero-order valence-electron chi connectivity index (χ0n) is 17.7. The predicted octanol–water partition coefficient (Wildman–Crippen LogP) is 4.06. The molecule has 2 heterocycles. The number of hydrogen-bond acceptors (Lipinski definition) is 4. The number of nitrogens with zero attached hydrogens (tertiary/aromatic N) is 2. The highest BCUT2D eigenvalue weighted by molar-refractivity contribution is 5.85. The quantitative estimate of drug-likeness (QED) is 0.386. The van der Waals surface area contributed by atoms with Gasteiger partial charge in [-0.25, -0.2) is 4.99 Å². The van der Waals surface area contributed by atoms with Crippen molar-refractivity contribution >= 4 is 11.9 Å². The third-order valence-corrected chi connectivity index (χ3v) is 5.93. The van der Waals surface area contributed by atoms with Crippen molar-refractivity contribution in [2.75, 3.05) is 13.1 Å².